The summed E-state index contributed by atoms with van der Waals surface area (Å²) < 4.78 is 4.43. The van der Waals surface area contributed by atoms with Gasteiger partial charge in [0.25, 0.3) is 0 Å². The van der Waals surface area contributed by atoms with E-state index in [9.17, 15) is 4.79 Å². The second-order valence-electron chi connectivity index (χ2n) is 1.61. The zero-order valence-electron chi connectivity index (χ0n) is 4.95. The second-order valence-corrected chi connectivity index (χ2v) is 2.05. The highest BCUT2D eigenvalue weighted by Gasteiger charge is 2.02. The van der Waals surface area contributed by atoms with E-state index in [-0.39, 0.29) is 5.97 Å². The molecule has 0 saturated heterocycles. The molecule has 0 fully saturated rings. The highest BCUT2D eigenvalue weighted by molar-refractivity contribution is 14.1. The van der Waals surface area contributed by atoms with Crippen molar-refractivity contribution in [1.82, 2.24) is 4.98 Å². The molecule has 0 bridgehead atoms. The Kier molecular flexibility index (Phi) is 2.61. The molecule has 0 saturated carbocycles. The molecule has 0 aliphatic heterocycles. The van der Waals surface area contributed by atoms with Crippen LogP contribution in [0.3, 0.4) is 0 Å². The first-order valence-corrected chi connectivity index (χ1v) is 3.45. The minimum Gasteiger partial charge on any atom is -0.391 e. The fourth-order valence-electron chi connectivity index (χ4n) is 0.528. The number of carbonyl (C=O) groups is 1. The van der Waals surface area contributed by atoms with Crippen molar-refractivity contribution in [2.45, 2.75) is 0 Å². The Morgan fingerprint density at radius 2 is 2.50 bits per heavy atom. The normalized spacial score (nSPS) is 8.90. The standard InChI is InChI=1S/C6H4INO2/c7-10-6(9)5-2-1-3-8-4-5/h1-4H. The van der Waals surface area contributed by atoms with Crippen LogP contribution < -0.4 is 0 Å². The van der Waals surface area contributed by atoms with Crippen molar-refractivity contribution in [3.63, 3.8) is 0 Å². The lowest BCUT2D eigenvalue weighted by Gasteiger charge is -1.92. The molecule has 3 nitrogen and oxygen atoms in total. The van der Waals surface area contributed by atoms with Crippen molar-refractivity contribution in [2.75, 3.05) is 0 Å². The maximum Gasteiger partial charge on any atom is 0.349 e. The van der Waals surface area contributed by atoms with Gasteiger partial charge in [-0.05, 0) is 12.1 Å². The SMILES string of the molecule is O=C(OI)c1cccnc1. The summed E-state index contributed by atoms with van der Waals surface area (Å²) in [6.45, 7) is 0. The monoisotopic (exact) mass is 249 g/mol. The van der Waals surface area contributed by atoms with E-state index in [1.807, 2.05) is 0 Å². The predicted molar refractivity (Wildman–Crippen MR) is 43.7 cm³/mol. The summed E-state index contributed by atoms with van der Waals surface area (Å²) in [4.78, 5) is 14.5. The second kappa shape index (κ2) is 3.50. The van der Waals surface area contributed by atoms with Gasteiger partial charge in [0.2, 0.25) is 0 Å². The Morgan fingerprint density at radius 1 is 1.70 bits per heavy atom. The summed E-state index contributed by atoms with van der Waals surface area (Å²) >= 11 is 1.54. The Balaban J connectivity index is 2.85. The molecule has 0 amide bonds. The minimum absolute atomic E-state index is 0.367. The highest BCUT2D eigenvalue weighted by atomic mass is 127. The van der Waals surface area contributed by atoms with Crippen LogP contribution in [0.4, 0.5) is 0 Å². The molecule has 1 heterocycles. The van der Waals surface area contributed by atoms with E-state index < -0.39 is 0 Å². The number of aromatic nitrogens is 1. The molecule has 10 heavy (non-hydrogen) atoms. The van der Waals surface area contributed by atoms with Crippen molar-refractivity contribution in [3.8, 4) is 0 Å². The predicted octanol–water partition coefficient (Wildman–Crippen LogP) is 1.59. The fourth-order valence-corrected chi connectivity index (χ4v) is 0.782. The maximum absolute atomic E-state index is 10.7. The molecule has 0 unspecified atom stereocenters. The molecule has 1 rings (SSSR count). The van der Waals surface area contributed by atoms with E-state index in [1.165, 1.54) is 29.2 Å². The van der Waals surface area contributed by atoms with Crippen molar-refractivity contribution >= 4 is 29.0 Å². The lowest BCUT2D eigenvalue weighted by atomic mass is 10.3. The first-order valence-electron chi connectivity index (χ1n) is 2.57. The Bertz CT molecular complexity index is 224. The number of hydrogen-bond donors (Lipinski definition) is 0. The Hall–Kier alpha value is -0.650. The Labute approximate surface area is 72.1 Å². The van der Waals surface area contributed by atoms with Crippen LogP contribution in [0.15, 0.2) is 24.5 Å². The van der Waals surface area contributed by atoms with Crippen LogP contribution >= 0.6 is 23.0 Å². The van der Waals surface area contributed by atoms with Gasteiger partial charge in [-0.15, -0.1) is 0 Å². The van der Waals surface area contributed by atoms with Gasteiger partial charge in [0.1, 0.15) is 0 Å². The van der Waals surface area contributed by atoms with E-state index in [1.54, 1.807) is 18.3 Å². The first kappa shape index (κ1) is 7.46. The van der Waals surface area contributed by atoms with Crippen LogP contribution in [-0.2, 0) is 3.07 Å². The lowest BCUT2D eigenvalue weighted by Crippen LogP contribution is -1.96. The van der Waals surface area contributed by atoms with E-state index in [0.29, 0.717) is 5.56 Å². The summed E-state index contributed by atoms with van der Waals surface area (Å²) in [7, 11) is 0. The van der Waals surface area contributed by atoms with E-state index in [4.69, 9.17) is 0 Å². The zero-order chi connectivity index (χ0) is 7.40. The summed E-state index contributed by atoms with van der Waals surface area (Å²) in [5.41, 5.74) is 0.469. The number of carbonyl (C=O) groups excluding carboxylic acids is 1. The first-order chi connectivity index (χ1) is 4.84. The van der Waals surface area contributed by atoms with E-state index in [2.05, 4.69) is 8.05 Å². The average molecular weight is 249 g/mol. The summed E-state index contributed by atoms with van der Waals surface area (Å²) in [6.07, 6.45) is 3.06. The molecule has 0 aliphatic rings. The smallest absolute Gasteiger partial charge is 0.349 e. The molecule has 0 spiro atoms. The number of pyridine rings is 1. The third-order valence-corrected chi connectivity index (χ3v) is 1.37. The number of rotatable bonds is 1. The highest BCUT2D eigenvalue weighted by Crippen LogP contribution is 2.00. The summed E-state index contributed by atoms with van der Waals surface area (Å²) in [5.74, 6) is -0.367. The number of halogens is 1. The van der Waals surface area contributed by atoms with Crippen LogP contribution in [0.5, 0.6) is 0 Å². The van der Waals surface area contributed by atoms with Crippen molar-refractivity contribution < 1.29 is 7.86 Å². The molecule has 0 radical (unpaired) electrons. The number of nitrogens with zero attached hydrogens (tertiary/aromatic N) is 1. The molecule has 0 N–H and O–H groups in total. The van der Waals surface area contributed by atoms with Crippen molar-refractivity contribution in [3.05, 3.63) is 30.1 Å². The summed E-state index contributed by atoms with van der Waals surface area (Å²) in [6, 6.07) is 3.33. The molecule has 0 aliphatic carbocycles. The fraction of sp³-hybridized carbons (Fsp3) is 0. The van der Waals surface area contributed by atoms with Crippen LogP contribution in [-0.4, -0.2) is 11.0 Å². The van der Waals surface area contributed by atoms with Gasteiger partial charge in [-0.1, -0.05) is 0 Å². The maximum atomic E-state index is 10.7. The third-order valence-electron chi connectivity index (χ3n) is 0.967. The van der Waals surface area contributed by atoms with Crippen molar-refractivity contribution in [1.29, 1.82) is 0 Å². The van der Waals surface area contributed by atoms with Gasteiger partial charge in [0.15, 0.2) is 23.0 Å². The van der Waals surface area contributed by atoms with Gasteiger partial charge in [-0.3, -0.25) is 4.98 Å². The van der Waals surface area contributed by atoms with E-state index >= 15 is 0 Å². The van der Waals surface area contributed by atoms with Gasteiger partial charge in [0, 0.05) is 12.4 Å². The third kappa shape index (κ3) is 1.66. The molecule has 0 aromatic carbocycles. The lowest BCUT2D eigenvalue weighted by molar-refractivity contribution is 0.0800. The quantitative estimate of drug-likeness (QED) is 0.709. The Morgan fingerprint density at radius 3 is 3.00 bits per heavy atom. The molecule has 4 heteroatoms. The van der Waals surface area contributed by atoms with Gasteiger partial charge in [0.05, 0.1) is 5.56 Å². The van der Waals surface area contributed by atoms with Crippen LogP contribution in [0.2, 0.25) is 0 Å². The van der Waals surface area contributed by atoms with Gasteiger partial charge >= 0.3 is 5.97 Å². The molecular formula is C6H4INO2. The molecular weight excluding hydrogens is 245 g/mol. The summed E-state index contributed by atoms with van der Waals surface area (Å²) in [5, 5.41) is 0. The molecule has 1 aromatic rings. The average Bonchev–Trinajstić information content (AvgIpc) is 2.05. The number of hydrogen-bond acceptors (Lipinski definition) is 3. The van der Waals surface area contributed by atoms with Crippen LogP contribution in [0.1, 0.15) is 10.4 Å². The zero-order valence-corrected chi connectivity index (χ0v) is 7.11. The minimum atomic E-state index is -0.367. The van der Waals surface area contributed by atoms with Crippen LogP contribution in [0, 0.1) is 0 Å². The molecule has 52 valence electrons. The molecule has 0 atom stereocenters. The topological polar surface area (TPSA) is 39.2 Å². The largest absolute Gasteiger partial charge is 0.391 e. The van der Waals surface area contributed by atoms with Crippen molar-refractivity contribution in [2.24, 2.45) is 0 Å². The van der Waals surface area contributed by atoms with Gasteiger partial charge in [-0.25, -0.2) is 4.79 Å². The van der Waals surface area contributed by atoms with E-state index in [0.717, 1.165) is 0 Å². The van der Waals surface area contributed by atoms with Gasteiger partial charge in [-0.2, -0.15) is 0 Å². The molecule has 1 aromatic heterocycles. The van der Waals surface area contributed by atoms with Crippen LogP contribution in [0.25, 0.3) is 0 Å². The van der Waals surface area contributed by atoms with Gasteiger partial charge < -0.3 is 3.07 Å².